The highest BCUT2D eigenvalue weighted by Crippen LogP contribution is 2.23. The predicted octanol–water partition coefficient (Wildman–Crippen LogP) is 3.76. The molecule has 0 aliphatic carbocycles. The lowest BCUT2D eigenvalue weighted by Crippen LogP contribution is -2.49. The number of nitrogens with zero attached hydrogens (tertiary/aromatic N) is 4. The Hall–Kier alpha value is -3.32. The number of para-hydroxylation sites is 1. The number of halogens is 1. The fourth-order valence-electron chi connectivity index (χ4n) is 3.76. The van der Waals surface area contributed by atoms with Crippen LogP contribution in [0.5, 0.6) is 0 Å². The van der Waals surface area contributed by atoms with Crippen molar-refractivity contribution in [3.8, 4) is 11.4 Å². The van der Waals surface area contributed by atoms with E-state index in [9.17, 15) is 4.79 Å². The number of fused-ring (bicyclic) bond motifs is 1. The molecule has 1 saturated heterocycles. The second-order valence-electron chi connectivity index (χ2n) is 7.31. The van der Waals surface area contributed by atoms with Gasteiger partial charge in [0.15, 0.2) is 0 Å². The third-order valence-corrected chi connectivity index (χ3v) is 5.69. The number of nitrogens with one attached hydrogen (secondary N) is 1. The fraction of sp³-hybridized carbons (Fsp3) is 0.227. The van der Waals surface area contributed by atoms with Crippen LogP contribution >= 0.6 is 11.6 Å². The minimum atomic E-state index is 0.131. The minimum absolute atomic E-state index is 0.131. The Kier molecular flexibility index (Phi) is 4.88. The van der Waals surface area contributed by atoms with E-state index in [-0.39, 0.29) is 5.91 Å². The third kappa shape index (κ3) is 3.64. The van der Waals surface area contributed by atoms with Crippen LogP contribution in [0.2, 0.25) is 5.02 Å². The van der Waals surface area contributed by atoms with Crippen LogP contribution in [0.1, 0.15) is 5.56 Å². The van der Waals surface area contributed by atoms with Crippen molar-refractivity contribution < 1.29 is 9.32 Å². The molecule has 4 aromatic rings. The van der Waals surface area contributed by atoms with Crippen LogP contribution in [0, 0.1) is 0 Å². The molecule has 1 fully saturated rings. The molecule has 1 aliphatic rings. The van der Waals surface area contributed by atoms with Gasteiger partial charge in [0.25, 0.3) is 0 Å². The molecule has 1 N–H and O–H groups in total. The first kappa shape index (κ1) is 18.7. The summed E-state index contributed by atoms with van der Waals surface area (Å²) in [6.07, 6.45) is 2.32. The van der Waals surface area contributed by atoms with Crippen molar-refractivity contribution >= 4 is 34.4 Å². The molecule has 0 radical (unpaired) electrons. The molecular weight excluding hydrogens is 402 g/mol. The zero-order valence-corrected chi connectivity index (χ0v) is 17.0. The van der Waals surface area contributed by atoms with Gasteiger partial charge in [0.1, 0.15) is 0 Å². The number of rotatable bonds is 4. The molecule has 1 aliphatic heterocycles. The van der Waals surface area contributed by atoms with Crippen LogP contribution < -0.4 is 4.90 Å². The van der Waals surface area contributed by atoms with E-state index in [2.05, 4.69) is 15.1 Å². The normalized spacial score (nSPS) is 14.4. The average molecular weight is 422 g/mol. The van der Waals surface area contributed by atoms with Crippen molar-refractivity contribution in [2.75, 3.05) is 31.1 Å². The molecule has 0 saturated carbocycles. The highest BCUT2D eigenvalue weighted by atomic mass is 35.5. The molecule has 30 heavy (non-hydrogen) atoms. The lowest BCUT2D eigenvalue weighted by Gasteiger charge is -2.33. The average Bonchev–Trinajstić information content (AvgIpc) is 3.42. The Labute approximate surface area is 178 Å². The van der Waals surface area contributed by atoms with Gasteiger partial charge in [0, 0.05) is 53.9 Å². The first-order chi connectivity index (χ1) is 14.7. The topological polar surface area (TPSA) is 78.3 Å². The van der Waals surface area contributed by atoms with E-state index in [1.54, 1.807) is 12.1 Å². The number of piperazine rings is 1. The summed E-state index contributed by atoms with van der Waals surface area (Å²) in [4.78, 5) is 24.4. The van der Waals surface area contributed by atoms with Crippen LogP contribution in [-0.4, -0.2) is 52.1 Å². The van der Waals surface area contributed by atoms with Crippen molar-refractivity contribution in [2.45, 2.75) is 6.42 Å². The first-order valence-corrected chi connectivity index (χ1v) is 10.2. The smallest absolute Gasteiger partial charge is 0.324 e. The van der Waals surface area contributed by atoms with Gasteiger partial charge in [0.2, 0.25) is 11.7 Å². The van der Waals surface area contributed by atoms with Crippen LogP contribution in [-0.2, 0) is 11.2 Å². The number of anilines is 1. The molecule has 0 unspecified atom stereocenters. The zero-order valence-electron chi connectivity index (χ0n) is 16.2. The summed E-state index contributed by atoms with van der Waals surface area (Å²) in [7, 11) is 0. The number of benzene rings is 2. The summed E-state index contributed by atoms with van der Waals surface area (Å²) in [5.41, 5.74) is 2.93. The standard InChI is InChI=1S/C22H20ClN5O2/c23-17-7-5-15(6-8-17)21-25-22(30-26-21)28-11-9-27(10-12-28)20(29)13-16-14-24-19-4-2-1-3-18(16)19/h1-8,14,24H,9-13H2. The van der Waals surface area contributed by atoms with Crippen molar-refractivity contribution in [3.63, 3.8) is 0 Å². The van der Waals surface area contributed by atoms with E-state index in [1.807, 2.05) is 52.4 Å². The Morgan fingerprint density at radius 3 is 2.63 bits per heavy atom. The Morgan fingerprint density at radius 1 is 1.07 bits per heavy atom. The van der Waals surface area contributed by atoms with E-state index in [0.717, 1.165) is 22.0 Å². The van der Waals surface area contributed by atoms with Gasteiger partial charge < -0.3 is 19.3 Å². The van der Waals surface area contributed by atoms with Crippen LogP contribution in [0.4, 0.5) is 6.01 Å². The van der Waals surface area contributed by atoms with Gasteiger partial charge in [-0.15, -0.1) is 0 Å². The maximum Gasteiger partial charge on any atom is 0.324 e. The number of hydrogen-bond donors (Lipinski definition) is 1. The second-order valence-corrected chi connectivity index (χ2v) is 7.75. The maximum atomic E-state index is 12.8. The Morgan fingerprint density at radius 2 is 1.83 bits per heavy atom. The molecule has 0 bridgehead atoms. The van der Waals surface area contributed by atoms with Gasteiger partial charge in [-0.1, -0.05) is 35.0 Å². The summed E-state index contributed by atoms with van der Waals surface area (Å²) < 4.78 is 5.44. The quantitative estimate of drug-likeness (QED) is 0.542. The summed E-state index contributed by atoms with van der Waals surface area (Å²) in [5, 5.41) is 5.83. The monoisotopic (exact) mass is 421 g/mol. The van der Waals surface area contributed by atoms with Crippen LogP contribution in [0.3, 0.4) is 0 Å². The van der Waals surface area contributed by atoms with Gasteiger partial charge in [-0.2, -0.15) is 4.98 Å². The first-order valence-electron chi connectivity index (χ1n) is 9.85. The molecule has 152 valence electrons. The number of carbonyl (C=O) groups is 1. The van der Waals surface area contributed by atoms with Crippen molar-refractivity contribution in [2.24, 2.45) is 0 Å². The van der Waals surface area contributed by atoms with Crippen molar-refractivity contribution in [1.29, 1.82) is 0 Å². The van der Waals surface area contributed by atoms with Gasteiger partial charge in [-0.3, -0.25) is 4.79 Å². The molecular formula is C22H20ClN5O2. The lowest BCUT2D eigenvalue weighted by molar-refractivity contribution is -0.130. The summed E-state index contributed by atoms with van der Waals surface area (Å²) in [6, 6.07) is 15.8. The van der Waals surface area contributed by atoms with Crippen molar-refractivity contribution in [3.05, 3.63) is 65.3 Å². The summed E-state index contributed by atoms with van der Waals surface area (Å²) in [5.74, 6) is 0.659. The molecule has 2 aromatic carbocycles. The van der Waals surface area contributed by atoms with Crippen molar-refractivity contribution in [1.82, 2.24) is 20.0 Å². The van der Waals surface area contributed by atoms with Crippen LogP contribution in [0.25, 0.3) is 22.3 Å². The van der Waals surface area contributed by atoms with E-state index in [0.29, 0.717) is 49.5 Å². The van der Waals surface area contributed by atoms with Gasteiger partial charge >= 0.3 is 6.01 Å². The molecule has 0 atom stereocenters. The lowest BCUT2D eigenvalue weighted by atomic mass is 10.1. The van der Waals surface area contributed by atoms with E-state index in [1.165, 1.54) is 0 Å². The predicted molar refractivity (Wildman–Crippen MR) is 116 cm³/mol. The highest BCUT2D eigenvalue weighted by molar-refractivity contribution is 6.30. The number of amides is 1. The molecule has 3 heterocycles. The third-order valence-electron chi connectivity index (χ3n) is 5.44. The van der Waals surface area contributed by atoms with E-state index >= 15 is 0 Å². The van der Waals surface area contributed by atoms with Gasteiger partial charge in [-0.25, -0.2) is 0 Å². The highest BCUT2D eigenvalue weighted by Gasteiger charge is 2.25. The molecule has 7 nitrogen and oxygen atoms in total. The van der Waals surface area contributed by atoms with Crippen LogP contribution in [0.15, 0.2) is 59.3 Å². The molecule has 5 rings (SSSR count). The Balaban J connectivity index is 1.21. The summed E-state index contributed by atoms with van der Waals surface area (Å²) in [6.45, 7) is 2.56. The molecule has 0 spiro atoms. The number of carbonyl (C=O) groups excluding carboxylic acids is 1. The molecule has 1 amide bonds. The number of hydrogen-bond acceptors (Lipinski definition) is 5. The second kappa shape index (κ2) is 7.84. The number of aromatic nitrogens is 3. The SMILES string of the molecule is O=C(Cc1c[nH]c2ccccc12)N1CCN(c2nc(-c3ccc(Cl)cc3)no2)CC1. The minimum Gasteiger partial charge on any atom is -0.361 e. The largest absolute Gasteiger partial charge is 0.361 e. The van der Waals surface area contributed by atoms with E-state index in [4.69, 9.17) is 16.1 Å². The Bertz CT molecular complexity index is 1180. The zero-order chi connectivity index (χ0) is 20.5. The summed E-state index contributed by atoms with van der Waals surface area (Å²) >= 11 is 5.93. The maximum absolute atomic E-state index is 12.8. The fourth-order valence-corrected chi connectivity index (χ4v) is 3.89. The molecule has 8 heteroatoms. The molecule has 2 aromatic heterocycles. The number of H-pyrrole nitrogens is 1. The van der Waals surface area contributed by atoms with E-state index < -0.39 is 0 Å². The number of aromatic amines is 1. The van der Waals surface area contributed by atoms with Gasteiger partial charge in [-0.05, 0) is 35.9 Å². The van der Waals surface area contributed by atoms with Gasteiger partial charge in [0.05, 0.1) is 6.42 Å².